The number of nitrogens with zero attached hydrogens (tertiary/aromatic N) is 3. The number of piperidine rings is 3. The van der Waals surface area contributed by atoms with Crippen molar-refractivity contribution in [3.05, 3.63) is 44.6 Å². The summed E-state index contributed by atoms with van der Waals surface area (Å²) < 4.78 is 0. The fraction of sp³-hybridized carbons (Fsp3) is 0.618. The van der Waals surface area contributed by atoms with Crippen molar-refractivity contribution in [3.8, 4) is 0 Å². The molecule has 1 aromatic heterocycles. The number of amides is 4. The molecule has 4 aliphatic rings. The van der Waals surface area contributed by atoms with Crippen LogP contribution in [0.2, 0.25) is 5.02 Å². The lowest BCUT2D eigenvalue weighted by Gasteiger charge is -2.41. The first-order chi connectivity index (χ1) is 21.8. The number of halogens is 1. The van der Waals surface area contributed by atoms with Crippen molar-refractivity contribution < 1.29 is 14.4 Å². The van der Waals surface area contributed by atoms with Crippen LogP contribution in [0.5, 0.6) is 0 Å². The normalized spacial score (nSPS) is 21.0. The van der Waals surface area contributed by atoms with E-state index in [-0.39, 0.29) is 30.3 Å². The molecule has 2 aromatic rings. The first-order valence-corrected chi connectivity index (χ1v) is 18.1. The van der Waals surface area contributed by atoms with Crippen molar-refractivity contribution in [1.82, 2.24) is 20.0 Å². The molecule has 4 N–H and O–H groups in total. The van der Waals surface area contributed by atoms with Crippen molar-refractivity contribution in [1.29, 1.82) is 0 Å². The third kappa shape index (κ3) is 7.28. The van der Waals surface area contributed by atoms with Crippen LogP contribution >= 0.6 is 22.9 Å². The van der Waals surface area contributed by atoms with E-state index < -0.39 is 5.92 Å². The molecule has 0 unspecified atom stereocenters. The number of rotatable bonds is 8. The summed E-state index contributed by atoms with van der Waals surface area (Å²) in [7, 11) is 0. The molecule has 0 spiro atoms. The summed E-state index contributed by atoms with van der Waals surface area (Å²) in [6.07, 6.45) is 7.36. The van der Waals surface area contributed by atoms with E-state index in [1.807, 2.05) is 39.1 Å². The second-order valence-electron chi connectivity index (χ2n) is 13.3. The molecular formula is C34H47ClN6O3S. The molecule has 45 heavy (non-hydrogen) atoms. The lowest BCUT2D eigenvalue weighted by molar-refractivity contribution is -0.143. The number of thiophene rings is 1. The molecule has 244 valence electrons. The van der Waals surface area contributed by atoms with E-state index in [1.54, 1.807) is 11.3 Å². The number of anilines is 2. The predicted molar refractivity (Wildman–Crippen MR) is 180 cm³/mol. The second-order valence-corrected chi connectivity index (χ2v) is 14.5. The van der Waals surface area contributed by atoms with Gasteiger partial charge in [0.25, 0.3) is 0 Å². The van der Waals surface area contributed by atoms with Crippen LogP contribution < -0.4 is 16.4 Å². The summed E-state index contributed by atoms with van der Waals surface area (Å²) in [6, 6.07) is 3.93. The monoisotopic (exact) mass is 654 g/mol. The number of hydrogen-bond acceptors (Lipinski definition) is 6. The van der Waals surface area contributed by atoms with E-state index in [0.29, 0.717) is 42.7 Å². The van der Waals surface area contributed by atoms with Crippen LogP contribution in [0.3, 0.4) is 0 Å². The molecule has 6 rings (SSSR count). The summed E-state index contributed by atoms with van der Waals surface area (Å²) in [5.41, 5.74) is 10.8. The highest BCUT2D eigenvalue weighted by Gasteiger charge is 2.36. The number of benzene rings is 1. The number of carbonyl (C=O) groups is 3. The van der Waals surface area contributed by atoms with E-state index in [4.69, 9.17) is 17.3 Å². The van der Waals surface area contributed by atoms with E-state index in [2.05, 4.69) is 16.0 Å². The number of nitrogens with one attached hydrogen (secondary N) is 2. The van der Waals surface area contributed by atoms with Gasteiger partial charge in [0.2, 0.25) is 11.8 Å². The van der Waals surface area contributed by atoms with Crippen LogP contribution in [-0.4, -0.2) is 77.9 Å². The SMILES string of the molecule is CCc1cc(C[C@@H](CC(=O)N2CCC(N3Cc4cscc4NC3=O)CC2)C(=O)N2CCC(C3CCNCC3)CC2)cc(Cl)c1N. The van der Waals surface area contributed by atoms with Crippen molar-refractivity contribution in [2.24, 2.45) is 17.8 Å². The minimum absolute atomic E-state index is 0.0110. The molecule has 3 saturated heterocycles. The van der Waals surface area contributed by atoms with E-state index in [9.17, 15) is 14.4 Å². The number of hydrogen-bond donors (Lipinski definition) is 3. The Labute approximate surface area is 275 Å². The van der Waals surface area contributed by atoms with Crippen LogP contribution in [0, 0.1) is 17.8 Å². The minimum Gasteiger partial charge on any atom is -0.397 e. The summed E-state index contributed by atoms with van der Waals surface area (Å²) in [5.74, 6) is 1.05. The summed E-state index contributed by atoms with van der Waals surface area (Å²) in [6.45, 7) is 7.52. The van der Waals surface area contributed by atoms with Crippen LogP contribution in [0.25, 0.3) is 0 Å². The quantitative estimate of drug-likeness (QED) is 0.332. The topological polar surface area (TPSA) is 111 Å². The predicted octanol–water partition coefficient (Wildman–Crippen LogP) is 5.37. The Morgan fingerprint density at radius 1 is 1.00 bits per heavy atom. The maximum Gasteiger partial charge on any atom is 0.322 e. The highest BCUT2D eigenvalue weighted by Crippen LogP contribution is 2.34. The standard InChI is InChI=1S/C34H47ClN6O3S/c1-2-23-15-22(17-29(35)32(23)36)16-26(33(43)40-11-5-25(6-12-40)24-3-9-37-10-4-24)18-31(42)39-13-7-28(8-14-39)41-19-27-20-45-21-30(27)38-34(41)44/h15,17,20-21,24-26,28,37H,2-14,16,18-19,36H2,1H3,(H,38,44)/t26-/m0/s1. The Morgan fingerprint density at radius 3 is 2.40 bits per heavy atom. The maximum atomic E-state index is 14.1. The van der Waals surface area contributed by atoms with Gasteiger partial charge in [-0.05, 0) is 98.9 Å². The number of likely N-dealkylation sites (tertiary alicyclic amines) is 2. The van der Waals surface area contributed by atoms with Gasteiger partial charge in [0.05, 0.1) is 28.9 Å². The average Bonchev–Trinajstić information content (AvgIpc) is 3.53. The molecule has 1 atom stereocenters. The number of carbonyl (C=O) groups excluding carboxylic acids is 3. The highest BCUT2D eigenvalue weighted by molar-refractivity contribution is 7.08. The van der Waals surface area contributed by atoms with Crippen LogP contribution in [0.15, 0.2) is 22.9 Å². The molecule has 0 aliphatic carbocycles. The molecule has 9 nitrogen and oxygen atoms in total. The van der Waals surface area contributed by atoms with Gasteiger partial charge in [-0.15, -0.1) is 11.3 Å². The van der Waals surface area contributed by atoms with E-state index in [1.165, 1.54) is 12.8 Å². The molecule has 0 radical (unpaired) electrons. The molecule has 4 aliphatic heterocycles. The van der Waals surface area contributed by atoms with Gasteiger partial charge in [0.15, 0.2) is 0 Å². The third-order valence-electron chi connectivity index (χ3n) is 10.7. The zero-order chi connectivity index (χ0) is 31.5. The van der Waals surface area contributed by atoms with Gasteiger partial charge in [0.1, 0.15) is 0 Å². The van der Waals surface area contributed by atoms with Crippen molar-refractivity contribution in [2.75, 3.05) is 50.3 Å². The lowest BCUT2D eigenvalue weighted by Crippen LogP contribution is -2.51. The summed E-state index contributed by atoms with van der Waals surface area (Å²) in [5, 5.41) is 11.0. The van der Waals surface area contributed by atoms with Gasteiger partial charge in [-0.1, -0.05) is 24.6 Å². The largest absolute Gasteiger partial charge is 0.397 e. The molecular weight excluding hydrogens is 608 g/mol. The van der Waals surface area contributed by atoms with Crippen molar-refractivity contribution in [3.63, 3.8) is 0 Å². The zero-order valence-electron chi connectivity index (χ0n) is 26.4. The van der Waals surface area contributed by atoms with Gasteiger partial charge >= 0.3 is 6.03 Å². The van der Waals surface area contributed by atoms with Gasteiger partial charge in [-0.2, -0.15) is 0 Å². The molecule has 4 amide bonds. The Morgan fingerprint density at radius 2 is 1.69 bits per heavy atom. The lowest BCUT2D eigenvalue weighted by atomic mass is 9.79. The molecule has 1 aromatic carbocycles. The minimum atomic E-state index is -0.458. The van der Waals surface area contributed by atoms with Crippen molar-refractivity contribution >= 4 is 52.2 Å². The Kier molecular flexibility index (Phi) is 10.2. The van der Waals surface area contributed by atoms with Gasteiger partial charge in [0, 0.05) is 49.6 Å². The number of fused-ring (bicyclic) bond motifs is 1. The fourth-order valence-electron chi connectivity index (χ4n) is 7.90. The summed E-state index contributed by atoms with van der Waals surface area (Å²) in [4.78, 5) is 46.5. The Bertz CT molecular complexity index is 1380. The van der Waals surface area contributed by atoms with Crippen LogP contribution in [0.4, 0.5) is 16.2 Å². The first kappa shape index (κ1) is 32.1. The Hall–Kier alpha value is -2.82. The molecule has 0 saturated carbocycles. The van der Waals surface area contributed by atoms with Gasteiger partial charge < -0.3 is 31.1 Å². The smallest absolute Gasteiger partial charge is 0.322 e. The first-order valence-electron chi connectivity index (χ1n) is 16.8. The average molecular weight is 655 g/mol. The summed E-state index contributed by atoms with van der Waals surface area (Å²) >= 11 is 8.10. The van der Waals surface area contributed by atoms with E-state index >= 15 is 0 Å². The number of nitrogen functional groups attached to an aromatic ring is 1. The van der Waals surface area contributed by atoms with Crippen molar-refractivity contribution in [2.45, 2.75) is 77.3 Å². The fourth-order valence-corrected chi connectivity index (χ4v) is 8.95. The Balaban J connectivity index is 1.10. The van der Waals surface area contributed by atoms with E-state index in [0.717, 1.165) is 86.6 Å². The third-order valence-corrected chi connectivity index (χ3v) is 11.8. The second kappa shape index (κ2) is 14.3. The number of nitrogens with two attached hydrogens (primary N) is 1. The zero-order valence-corrected chi connectivity index (χ0v) is 27.9. The van der Waals surface area contributed by atoms with Gasteiger partial charge in [-0.3, -0.25) is 9.59 Å². The molecule has 3 fully saturated rings. The maximum absolute atomic E-state index is 14.1. The molecule has 0 bridgehead atoms. The van der Waals surface area contributed by atoms with Crippen LogP contribution in [0.1, 0.15) is 68.6 Å². The molecule has 5 heterocycles. The number of aryl methyl sites for hydroxylation is 1. The number of urea groups is 1. The van der Waals surface area contributed by atoms with Crippen LogP contribution in [-0.2, 0) is 29.0 Å². The molecule has 11 heteroatoms. The highest BCUT2D eigenvalue weighted by atomic mass is 35.5. The van der Waals surface area contributed by atoms with Gasteiger partial charge in [-0.25, -0.2) is 4.79 Å².